The smallest absolute Gasteiger partial charge is 0.408 e. The largest absolute Gasteiger partial charge is 0.456 e. The van der Waals surface area contributed by atoms with Gasteiger partial charge in [-0.2, -0.15) is 0 Å². The van der Waals surface area contributed by atoms with Gasteiger partial charge in [0.15, 0.2) is 12.4 Å². The Balaban J connectivity index is 2.45. The highest BCUT2D eigenvalue weighted by Crippen LogP contribution is 2.07. The van der Waals surface area contributed by atoms with Crippen molar-refractivity contribution in [2.45, 2.75) is 39.3 Å². The van der Waals surface area contributed by atoms with Crippen LogP contribution in [0.2, 0.25) is 0 Å². The van der Waals surface area contributed by atoms with Crippen LogP contribution in [0, 0.1) is 0 Å². The van der Waals surface area contributed by atoms with Gasteiger partial charge >= 0.3 is 12.1 Å². The Morgan fingerprint density at radius 3 is 2.26 bits per heavy atom. The minimum atomic E-state index is -0.907. The third-order valence-electron chi connectivity index (χ3n) is 2.81. The summed E-state index contributed by atoms with van der Waals surface area (Å²) in [5.74, 6) is -1.00. The zero-order valence-corrected chi connectivity index (χ0v) is 14.1. The number of alkyl carbamates (subject to hydrolysis) is 1. The molecule has 0 aromatic heterocycles. The van der Waals surface area contributed by atoms with Gasteiger partial charge in [-0.15, -0.1) is 0 Å². The number of hydrogen-bond donors (Lipinski definition) is 1. The first kappa shape index (κ1) is 18.7. The van der Waals surface area contributed by atoms with Gasteiger partial charge in [0.2, 0.25) is 0 Å². The van der Waals surface area contributed by atoms with Crippen LogP contribution in [0.15, 0.2) is 24.3 Å². The Morgan fingerprint density at radius 1 is 1.17 bits per heavy atom. The lowest BCUT2D eigenvalue weighted by Crippen LogP contribution is -2.42. The van der Waals surface area contributed by atoms with Crippen molar-refractivity contribution in [2.24, 2.45) is 0 Å². The molecule has 0 unspecified atom stereocenters. The Hall–Kier alpha value is -2.31. The molecule has 6 nitrogen and oxygen atoms in total. The molecular formula is C16H22BNO5. The number of carbonyl (C=O) groups is 3. The van der Waals surface area contributed by atoms with Gasteiger partial charge in [-0.1, -0.05) is 29.7 Å². The maximum atomic E-state index is 11.9. The van der Waals surface area contributed by atoms with Crippen LogP contribution in [-0.2, 0) is 14.3 Å². The summed E-state index contributed by atoms with van der Waals surface area (Å²) in [5.41, 5.74) is 0.847. The van der Waals surface area contributed by atoms with Crippen LogP contribution in [0.5, 0.6) is 0 Å². The summed E-state index contributed by atoms with van der Waals surface area (Å²) in [7, 11) is 1.91. The Bertz CT molecular complexity index is 577. The van der Waals surface area contributed by atoms with Gasteiger partial charge in [-0.3, -0.25) is 4.79 Å². The quantitative estimate of drug-likeness (QED) is 0.488. The third-order valence-corrected chi connectivity index (χ3v) is 2.81. The molecule has 1 N–H and O–H groups in total. The molecule has 0 heterocycles. The molecule has 7 heteroatoms. The Morgan fingerprint density at radius 2 is 1.74 bits per heavy atom. The SMILES string of the molecule is Bc1ccc(C(=O)COC(=O)[C@H](C)NC(=O)OC(C)(C)C)cc1. The third kappa shape index (κ3) is 6.99. The second-order valence-corrected chi connectivity index (χ2v) is 6.26. The molecule has 0 aliphatic rings. The molecule has 0 saturated carbocycles. The first-order valence-corrected chi connectivity index (χ1v) is 7.34. The van der Waals surface area contributed by atoms with Crippen molar-refractivity contribution in [1.82, 2.24) is 5.32 Å². The van der Waals surface area contributed by atoms with E-state index >= 15 is 0 Å². The van der Waals surface area contributed by atoms with E-state index in [1.165, 1.54) is 6.92 Å². The molecule has 124 valence electrons. The Kier molecular flexibility index (Phi) is 6.36. The highest BCUT2D eigenvalue weighted by molar-refractivity contribution is 6.32. The first-order chi connectivity index (χ1) is 10.6. The second-order valence-electron chi connectivity index (χ2n) is 6.26. The normalized spacial score (nSPS) is 12.2. The number of nitrogens with one attached hydrogen (secondary N) is 1. The molecule has 0 fully saturated rings. The van der Waals surface area contributed by atoms with Crippen LogP contribution in [0.1, 0.15) is 38.1 Å². The highest BCUT2D eigenvalue weighted by Gasteiger charge is 2.22. The molecule has 0 bridgehead atoms. The molecule has 0 radical (unpaired) electrons. The minimum Gasteiger partial charge on any atom is -0.456 e. The van der Waals surface area contributed by atoms with Crippen molar-refractivity contribution in [3.8, 4) is 0 Å². The predicted octanol–water partition coefficient (Wildman–Crippen LogP) is 0.584. The van der Waals surface area contributed by atoms with Crippen molar-refractivity contribution in [2.75, 3.05) is 6.61 Å². The van der Waals surface area contributed by atoms with E-state index in [1.807, 2.05) is 20.0 Å². The number of Topliss-reactive ketones (excluding diaryl/α,β-unsaturated/α-hetero) is 1. The van der Waals surface area contributed by atoms with Gasteiger partial charge in [0.25, 0.3) is 0 Å². The average molecular weight is 319 g/mol. The molecule has 1 aromatic carbocycles. The van der Waals surface area contributed by atoms with Crippen LogP contribution in [-0.4, -0.2) is 43.9 Å². The standard InChI is InChI=1S/C16H22BNO5/c1-10(18-15(21)23-16(2,3)4)14(20)22-9-13(19)11-5-7-12(17)8-6-11/h5-8,10H,9,17H2,1-4H3,(H,18,21)/t10-/m0/s1. The maximum Gasteiger partial charge on any atom is 0.408 e. The van der Waals surface area contributed by atoms with E-state index in [-0.39, 0.29) is 12.4 Å². The lowest BCUT2D eigenvalue weighted by atomic mass is 9.95. The molecule has 0 aliphatic heterocycles. The van der Waals surface area contributed by atoms with Crippen molar-refractivity contribution < 1.29 is 23.9 Å². The molecule has 1 atom stereocenters. The zero-order valence-electron chi connectivity index (χ0n) is 14.1. The number of ether oxygens (including phenoxy) is 2. The summed E-state index contributed by atoms with van der Waals surface area (Å²) in [6.07, 6.45) is -0.716. The van der Waals surface area contributed by atoms with E-state index < -0.39 is 23.7 Å². The fourth-order valence-corrected chi connectivity index (χ4v) is 1.63. The summed E-state index contributed by atoms with van der Waals surface area (Å²) in [6.45, 7) is 6.24. The van der Waals surface area contributed by atoms with Crippen LogP contribution in [0.4, 0.5) is 4.79 Å². The molecule has 0 aliphatic carbocycles. The molecule has 1 aromatic rings. The first-order valence-electron chi connectivity index (χ1n) is 7.34. The number of hydrogen-bond acceptors (Lipinski definition) is 5. The topological polar surface area (TPSA) is 81.7 Å². The molecule has 0 spiro atoms. The van der Waals surface area contributed by atoms with Gasteiger partial charge in [-0.25, -0.2) is 9.59 Å². The number of amides is 1. The summed E-state index contributed by atoms with van der Waals surface area (Å²) in [4.78, 5) is 35.2. The number of ketones is 1. The van der Waals surface area contributed by atoms with E-state index in [0.29, 0.717) is 5.56 Å². The van der Waals surface area contributed by atoms with E-state index in [0.717, 1.165) is 5.46 Å². The van der Waals surface area contributed by atoms with E-state index in [4.69, 9.17) is 9.47 Å². The summed E-state index contributed by atoms with van der Waals surface area (Å²) in [5, 5.41) is 2.36. The number of rotatable bonds is 5. The van der Waals surface area contributed by atoms with Gasteiger partial charge in [0, 0.05) is 5.56 Å². The van der Waals surface area contributed by atoms with Gasteiger partial charge in [-0.05, 0) is 27.7 Å². The maximum absolute atomic E-state index is 11.9. The van der Waals surface area contributed by atoms with Crippen molar-refractivity contribution >= 4 is 31.2 Å². The summed E-state index contributed by atoms with van der Waals surface area (Å²) >= 11 is 0. The number of carbonyl (C=O) groups excluding carboxylic acids is 3. The monoisotopic (exact) mass is 319 g/mol. The Labute approximate surface area is 136 Å². The molecule has 1 amide bonds. The van der Waals surface area contributed by atoms with Gasteiger partial charge in [0.1, 0.15) is 19.5 Å². The van der Waals surface area contributed by atoms with Crippen LogP contribution < -0.4 is 10.8 Å². The molecule has 0 saturated heterocycles. The fraction of sp³-hybridized carbons (Fsp3) is 0.438. The minimum absolute atomic E-state index is 0.303. The lowest BCUT2D eigenvalue weighted by molar-refractivity contribution is -0.144. The van der Waals surface area contributed by atoms with E-state index in [9.17, 15) is 14.4 Å². The van der Waals surface area contributed by atoms with Gasteiger partial charge in [0.05, 0.1) is 0 Å². The van der Waals surface area contributed by atoms with Crippen LogP contribution in [0.25, 0.3) is 0 Å². The molecule has 23 heavy (non-hydrogen) atoms. The highest BCUT2D eigenvalue weighted by atomic mass is 16.6. The number of esters is 1. The summed E-state index contributed by atoms with van der Waals surface area (Å²) in [6, 6.07) is 6.06. The lowest BCUT2D eigenvalue weighted by Gasteiger charge is -2.21. The van der Waals surface area contributed by atoms with Crippen molar-refractivity contribution in [3.63, 3.8) is 0 Å². The van der Waals surface area contributed by atoms with Crippen molar-refractivity contribution in [1.29, 1.82) is 0 Å². The zero-order chi connectivity index (χ0) is 17.6. The van der Waals surface area contributed by atoms with E-state index in [1.54, 1.807) is 32.9 Å². The summed E-state index contributed by atoms with van der Waals surface area (Å²) < 4.78 is 9.96. The molecule has 1 rings (SSSR count). The van der Waals surface area contributed by atoms with E-state index in [2.05, 4.69) is 5.32 Å². The van der Waals surface area contributed by atoms with Crippen molar-refractivity contribution in [3.05, 3.63) is 29.8 Å². The average Bonchev–Trinajstić information content (AvgIpc) is 2.42. The van der Waals surface area contributed by atoms with Crippen LogP contribution >= 0.6 is 0 Å². The van der Waals surface area contributed by atoms with Crippen LogP contribution in [0.3, 0.4) is 0 Å². The predicted molar refractivity (Wildman–Crippen MR) is 88.7 cm³/mol. The van der Waals surface area contributed by atoms with Gasteiger partial charge < -0.3 is 14.8 Å². The number of benzene rings is 1. The molecular weight excluding hydrogens is 297 g/mol. The second kappa shape index (κ2) is 7.81. The fourth-order valence-electron chi connectivity index (χ4n) is 1.63.